The minimum absolute atomic E-state index is 0.210. The van der Waals surface area contributed by atoms with E-state index in [9.17, 15) is 14.2 Å². The summed E-state index contributed by atoms with van der Waals surface area (Å²) in [6.45, 7) is 3.71. The van der Waals surface area contributed by atoms with E-state index in [0.29, 0.717) is 6.42 Å². The van der Waals surface area contributed by atoms with E-state index in [1.54, 1.807) is 0 Å². The highest BCUT2D eigenvalue weighted by molar-refractivity contribution is 7.46. The molecule has 0 aliphatic carbocycles. The number of hydrogen-bond donors (Lipinski definition) is 2. The Hall–Kier alpha value is -1.47. The topological polar surface area (TPSA) is 119 Å². The van der Waals surface area contributed by atoms with E-state index in [2.05, 4.69) is 42.7 Å². The summed E-state index contributed by atoms with van der Waals surface area (Å²) in [5.41, 5.74) is 0. The third-order valence-corrected chi connectivity index (χ3v) is 11.7. The van der Waals surface area contributed by atoms with Crippen LogP contribution in [0.2, 0.25) is 0 Å². The van der Waals surface area contributed by atoms with Crippen molar-refractivity contribution in [1.29, 1.82) is 0 Å². The zero-order chi connectivity index (χ0) is 43.2. The normalized spacial score (nSPS) is 12.5. The van der Waals surface area contributed by atoms with Gasteiger partial charge in [0.15, 0.2) is 6.10 Å². The first-order valence-electron chi connectivity index (χ1n) is 25.1. The molecule has 0 bridgehead atoms. The molecule has 0 aliphatic heterocycles. The van der Waals surface area contributed by atoms with Crippen LogP contribution in [0.15, 0.2) is 24.3 Å². The van der Waals surface area contributed by atoms with E-state index in [0.717, 1.165) is 51.4 Å². The molecule has 0 amide bonds. The highest BCUT2D eigenvalue weighted by atomic mass is 31.2. The van der Waals surface area contributed by atoms with Gasteiger partial charge in [-0.3, -0.25) is 14.1 Å². The van der Waals surface area contributed by atoms with Crippen LogP contribution in [0.3, 0.4) is 0 Å². The molecule has 0 aromatic carbocycles. The van der Waals surface area contributed by atoms with Gasteiger partial charge >= 0.3 is 19.8 Å². The van der Waals surface area contributed by atoms with Crippen molar-refractivity contribution in [3.05, 3.63) is 24.3 Å². The standard InChI is InChI=1S/C50H95O8P/c1-3-5-7-9-11-13-15-17-19-21-23-24-25-27-28-30-32-34-36-38-40-42-44-49(51)56-46-48(47-57-59(53,54)55)58-50(52)45-43-41-39-37-35-33-31-29-26-22-20-18-16-14-12-10-8-6-4-2/h12,14,18,20,48H,3-11,13,15-17,19,21-47H2,1-2H3,(H2,53,54,55)/b14-12-,20-18-. The lowest BCUT2D eigenvalue weighted by Crippen LogP contribution is -2.29. The molecule has 0 aliphatic rings. The minimum Gasteiger partial charge on any atom is -0.462 e. The van der Waals surface area contributed by atoms with Crippen molar-refractivity contribution in [3.8, 4) is 0 Å². The molecule has 0 aromatic heterocycles. The van der Waals surface area contributed by atoms with Gasteiger partial charge in [0.2, 0.25) is 0 Å². The van der Waals surface area contributed by atoms with Crippen molar-refractivity contribution in [3.63, 3.8) is 0 Å². The van der Waals surface area contributed by atoms with Crippen molar-refractivity contribution in [2.75, 3.05) is 13.2 Å². The summed E-state index contributed by atoms with van der Waals surface area (Å²) >= 11 is 0. The quantitative estimate of drug-likeness (QED) is 0.0269. The summed E-state index contributed by atoms with van der Waals surface area (Å²) in [7, 11) is -4.76. The number of hydrogen-bond acceptors (Lipinski definition) is 6. The van der Waals surface area contributed by atoms with Crippen molar-refractivity contribution in [1.82, 2.24) is 0 Å². The molecule has 0 fully saturated rings. The van der Waals surface area contributed by atoms with Crippen molar-refractivity contribution < 1.29 is 37.9 Å². The van der Waals surface area contributed by atoms with Crippen LogP contribution < -0.4 is 0 Å². The summed E-state index contributed by atoms with van der Waals surface area (Å²) in [5, 5.41) is 0. The Bertz CT molecular complexity index is 1010. The minimum atomic E-state index is -4.76. The van der Waals surface area contributed by atoms with E-state index in [4.69, 9.17) is 19.3 Å². The summed E-state index contributed by atoms with van der Waals surface area (Å²) in [6.07, 6.45) is 54.8. The van der Waals surface area contributed by atoms with Crippen molar-refractivity contribution >= 4 is 19.8 Å². The van der Waals surface area contributed by atoms with Gasteiger partial charge in [-0.15, -0.1) is 0 Å². The van der Waals surface area contributed by atoms with Gasteiger partial charge in [0.25, 0.3) is 0 Å². The molecule has 0 heterocycles. The highest BCUT2D eigenvalue weighted by Gasteiger charge is 2.23. The van der Waals surface area contributed by atoms with Gasteiger partial charge in [0.1, 0.15) is 6.61 Å². The van der Waals surface area contributed by atoms with E-state index < -0.39 is 32.5 Å². The van der Waals surface area contributed by atoms with Gasteiger partial charge in [0, 0.05) is 12.8 Å². The van der Waals surface area contributed by atoms with Crippen LogP contribution in [0.1, 0.15) is 264 Å². The molecular formula is C50H95O8P. The van der Waals surface area contributed by atoms with Crippen molar-refractivity contribution in [2.24, 2.45) is 0 Å². The van der Waals surface area contributed by atoms with E-state index >= 15 is 0 Å². The molecule has 0 saturated heterocycles. The molecule has 9 heteroatoms. The fraction of sp³-hybridized carbons (Fsp3) is 0.880. The molecular weight excluding hydrogens is 760 g/mol. The Kier molecular flexibility index (Phi) is 44.9. The maximum Gasteiger partial charge on any atom is 0.469 e. The van der Waals surface area contributed by atoms with Crippen LogP contribution >= 0.6 is 7.82 Å². The Balaban J connectivity index is 3.79. The number of ether oxygens (including phenoxy) is 2. The summed E-state index contributed by atoms with van der Waals surface area (Å²) in [4.78, 5) is 43.1. The Morgan fingerprint density at radius 3 is 1.15 bits per heavy atom. The molecule has 0 spiro atoms. The molecule has 1 unspecified atom stereocenters. The van der Waals surface area contributed by atoms with Gasteiger partial charge in [-0.1, -0.05) is 231 Å². The molecule has 0 saturated carbocycles. The summed E-state index contributed by atoms with van der Waals surface area (Å²) < 4.78 is 26.5. The van der Waals surface area contributed by atoms with Crippen molar-refractivity contribution in [2.45, 2.75) is 270 Å². The average Bonchev–Trinajstić information content (AvgIpc) is 3.21. The number of allylic oxidation sites excluding steroid dienone is 4. The average molecular weight is 855 g/mol. The van der Waals surface area contributed by atoms with Crippen LogP contribution in [0.4, 0.5) is 0 Å². The molecule has 1 atom stereocenters. The smallest absolute Gasteiger partial charge is 0.462 e. The zero-order valence-electron chi connectivity index (χ0n) is 38.7. The van der Waals surface area contributed by atoms with Crippen LogP contribution in [-0.2, 0) is 28.2 Å². The molecule has 0 aromatic rings. The van der Waals surface area contributed by atoms with Crippen LogP contribution in [0.25, 0.3) is 0 Å². The van der Waals surface area contributed by atoms with Gasteiger partial charge < -0.3 is 19.3 Å². The lowest BCUT2D eigenvalue weighted by atomic mass is 10.0. The fourth-order valence-electron chi connectivity index (χ4n) is 7.47. The van der Waals surface area contributed by atoms with Gasteiger partial charge in [0.05, 0.1) is 6.61 Å². The van der Waals surface area contributed by atoms with E-state index in [1.165, 1.54) is 180 Å². The monoisotopic (exact) mass is 855 g/mol. The predicted octanol–water partition coefficient (Wildman–Crippen LogP) is 15.9. The third-order valence-electron chi connectivity index (χ3n) is 11.2. The number of esters is 2. The van der Waals surface area contributed by atoms with Gasteiger partial charge in [-0.25, -0.2) is 4.57 Å². The van der Waals surface area contributed by atoms with Gasteiger partial charge in [-0.05, 0) is 44.9 Å². The number of phosphoric ester groups is 1. The molecule has 2 N–H and O–H groups in total. The second-order valence-corrected chi connectivity index (χ2v) is 18.4. The van der Waals surface area contributed by atoms with Crippen LogP contribution in [-0.4, -0.2) is 41.0 Å². The first-order valence-corrected chi connectivity index (χ1v) is 26.7. The predicted molar refractivity (Wildman–Crippen MR) is 249 cm³/mol. The second kappa shape index (κ2) is 46.0. The first kappa shape index (κ1) is 57.5. The highest BCUT2D eigenvalue weighted by Crippen LogP contribution is 2.36. The lowest BCUT2D eigenvalue weighted by Gasteiger charge is -2.18. The largest absolute Gasteiger partial charge is 0.469 e. The number of carbonyl (C=O) groups excluding carboxylic acids is 2. The Morgan fingerprint density at radius 1 is 0.441 bits per heavy atom. The maximum atomic E-state index is 12.5. The SMILES string of the molecule is CCCCC/C=C\C/C=C\CCCCCCCCCCCC(=O)OC(COC(=O)CCCCCCCCCCCCCCCCCCCCCCCC)COP(=O)(O)O. The molecule has 8 nitrogen and oxygen atoms in total. The summed E-state index contributed by atoms with van der Waals surface area (Å²) in [6, 6.07) is 0. The second-order valence-electron chi connectivity index (χ2n) is 17.2. The number of carbonyl (C=O) groups is 2. The third kappa shape index (κ3) is 49.1. The first-order chi connectivity index (χ1) is 28.8. The van der Waals surface area contributed by atoms with E-state index in [1.807, 2.05) is 0 Å². The van der Waals surface area contributed by atoms with Crippen LogP contribution in [0.5, 0.6) is 0 Å². The summed E-state index contributed by atoms with van der Waals surface area (Å²) in [5.74, 6) is -0.874. The molecule has 0 radical (unpaired) electrons. The van der Waals surface area contributed by atoms with Gasteiger partial charge in [-0.2, -0.15) is 0 Å². The van der Waals surface area contributed by atoms with E-state index in [-0.39, 0.29) is 19.4 Å². The number of phosphoric acid groups is 1. The molecule has 348 valence electrons. The molecule has 59 heavy (non-hydrogen) atoms. The maximum absolute atomic E-state index is 12.5. The Morgan fingerprint density at radius 2 is 0.763 bits per heavy atom. The number of unbranched alkanes of at least 4 members (excludes halogenated alkanes) is 33. The Labute approximate surface area is 364 Å². The number of rotatable bonds is 47. The fourth-order valence-corrected chi connectivity index (χ4v) is 7.83. The zero-order valence-corrected chi connectivity index (χ0v) is 39.6. The van der Waals surface area contributed by atoms with Crippen LogP contribution in [0, 0.1) is 0 Å². The molecule has 0 rings (SSSR count). The lowest BCUT2D eigenvalue weighted by molar-refractivity contribution is -0.161.